The van der Waals surface area contributed by atoms with Gasteiger partial charge < -0.3 is 0 Å². The maximum atomic E-state index is 12.7. The van der Waals surface area contributed by atoms with E-state index in [-0.39, 0.29) is 5.82 Å². The molecule has 0 bridgehead atoms. The molecule has 0 saturated heterocycles. The average molecular weight is 233 g/mol. The highest BCUT2D eigenvalue weighted by atomic mass is 19.1. The Hall–Kier alpha value is -1.71. The molecule has 1 heterocycles. The molecule has 3 nitrogen and oxygen atoms in total. The van der Waals surface area contributed by atoms with E-state index in [9.17, 15) is 4.39 Å². The normalized spacial score (nSPS) is 16.6. The first-order chi connectivity index (χ1) is 8.34. The first kappa shape index (κ1) is 11.8. The van der Waals surface area contributed by atoms with Gasteiger partial charge in [0.25, 0.3) is 0 Å². The van der Waals surface area contributed by atoms with E-state index in [1.807, 2.05) is 0 Å². The van der Waals surface area contributed by atoms with Gasteiger partial charge in [-0.25, -0.2) is 4.39 Å². The summed E-state index contributed by atoms with van der Waals surface area (Å²) in [5.41, 5.74) is 3.82. The Labute approximate surface area is 100 Å². The molecule has 0 spiro atoms. The number of hydrogen-bond donors (Lipinski definition) is 1. The van der Waals surface area contributed by atoms with Crippen LogP contribution in [0.15, 0.2) is 34.4 Å². The summed E-state index contributed by atoms with van der Waals surface area (Å²) >= 11 is 0. The van der Waals surface area contributed by atoms with E-state index in [1.54, 1.807) is 18.3 Å². The van der Waals surface area contributed by atoms with Crippen LogP contribution in [0.5, 0.6) is 0 Å². The smallest absolute Gasteiger partial charge is 0.123 e. The van der Waals surface area contributed by atoms with E-state index >= 15 is 0 Å². The molecule has 0 amide bonds. The lowest BCUT2D eigenvalue weighted by Gasteiger charge is -2.01. The molecular weight excluding hydrogens is 217 g/mol. The van der Waals surface area contributed by atoms with E-state index in [4.69, 9.17) is 0 Å². The molecule has 0 aromatic heterocycles. The van der Waals surface area contributed by atoms with Crippen molar-refractivity contribution in [2.24, 2.45) is 10.1 Å². The van der Waals surface area contributed by atoms with Crippen LogP contribution in [0.2, 0.25) is 0 Å². The number of amidine groups is 1. The zero-order valence-corrected chi connectivity index (χ0v) is 9.69. The fourth-order valence-corrected chi connectivity index (χ4v) is 1.70. The average Bonchev–Trinajstić information content (AvgIpc) is 2.60. The highest BCUT2D eigenvalue weighted by molar-refractivity contribution is 5.85. The zero-order chi connectivity index (χ0) is 11.9. The Morgan fingerprint density at radius 2 is 2.00 bits per heavy atom. The second-order valence-corrected chi connectivity index (χ2v) is 4.06. The van der Waals surface area contributed by atoms with Gasteiger partial charge in [0.15, 0.2) is 0 Å². The van der Waals surface area contributed by atoms with Gasteiger partial charge in [0.05, 0.1) is 6.21 Å². The first-order valence-corrected chi connectivity index (χ1v) is 5.92. The van der Waals surface area contributed by atoms with Gasteiger partial charge in [0.2, 0.25) is 0 Å². The summed E-state index contributed by atoms with van der Waals surface area (Å²) in [5.74, 6) is 0.712. The van der Waals surface area contributed by atoms with Crippen molar-refractivity contribution >= 4 is 12.1 Å². The molecule has 0 unspecified atom stereocenters. The van der Waals surface area contributed by atoms with Crippen LogP contribution in [0, 0.1) is 5.82 Å². The molecule has 1 aliphatic rings. The largest absolute Gasteiger partial charge is 0.271 e. The molecule has 1 aromatic carbocycles. The first-order valence-electron chi connectivity index (χ1n) is 5.92. The third-order valence-corrected chi connectivity index (χ3v) is 2.65. The van der Waals surface area contributed by atoms with Gasteiger partial charge in [0.1, 0.15) is 11.7 Å². The van der Waals surface area contributed by atoms with Crippen molar-refractivity contribution in [3.05, 3.63) is 35.6 Å². The van der Waals surface area contributed by atoms with E-state index in [0.29, 0.717) is 0 Å². The second kappa shape index (κ2) is 6.13. The molecule has 4 heteroatoms. The van der Waals surface area contributed by atoms with Gasteiger partial charge in [-0.15, -0.1) is 0 Å². The van der Waals surface area contributed by atoms with Crippen LogP contribution < -0.4 is 5.43 Å². The van der Waals surface area contributed by atoms with Crippen LogP contribution in [0.3, 0.4) is 0 Å². The molecule has 0 radical (unpaired) electrons. The van der Waals surface area contributed by atoms with Crippen LogP contribution in [0.1, 0.15) is 31.2 Å². The zero-order valence-electron chi connectivity index (χ0n) is 9.69. The van der Waals surface area contributed by atoms with Gasteiger partial charge >= 0.3 is 0 Å². The molecule has 1 aromatic rings. The molecule has 1 N–H and O–H groups in total. The standard InChI is InChI=1S/C13H16FN3/c14-12-7-5-11(6-8-12)10-16-17-13-4-2-1-3-9-15-13/h5-8,10H,1-4,9H2,(H,15,17)/b16-10-. The highest BCUT2D eigenvalue weighted by Crippen LogP contribution is 2.06. The number of hydrazone groups is 1. The minimum Gasteiger partial charge on any atom is -0.271 e. The van der Waals surface area contributed by atoms with Crippen molar-refractivity contribution < 1.29 is 4.39 Å². The number of halogens is 1. The fraction of sp³-hybridized carbons (Fsp3) is 0.385. The Bertz CT molecular complexity index is 409. The summed E-state index contributed by atoms with van der Waals surface area (Å²) in [7, 11) is 0. The van der Waals surface area contributed by atoms with Crippen molar-refractivity contribution in [1.82, 2.24) is 5.43 Å². The fourth-order valence-electron chi connectivity index (χ4n) is 1.70. The van der Waals surface area contributed by atoms with Gasteiger partial charge in [-0.1, -0.05) is 18.6 Å². The quantitative estimate of drug-likeness (QED) is 0.619. The van der Waals surface area contributed by atoms with Crippen molar-refractivity contribution in [3.63, 3.8) is 0 Å². The van der Waals surface area contributed by atoms with Crippen molar-refractivity contribution in [3.8, 4) is 0 Å². The summed E-state index contributed by atoms with van der Waals surface area (Å²) in [6.07, 6.45) is 6.19. The molecule has 2 rings (SSSR count). The predicted octanol–water partition coefficient (Wildman–Crippen LogP) is 2.72. The van der Waals surface area contributed by atoms with Crippen LogP contribution in [-0.2, 0) is 0 Å². The molecule has 0 saturated carbocycles. The molecular formula is C13H16FN3. The lowest BCUT2D eigenvalue weighted by Crippen LogP contribution is -2.17. The molecule has 1 aliphatic heterocycles. The number of hydrogen-bond acceptors (Lipinski definition) is 3. The lowest BCUT2D eigenvalue weighted by molar-refractivity contribution is 0.628. The molecule has 17 heavy (non-hydrogen) atoms. The molecule has 0 atom stereocenters. The molecule has 0 fully saturated rings. The molecule has 0 aliphatic carbocycles. The maximum Gasteiger partial charge on any atom is 0.123 e. The van der Waals surface area contributed by atoms with Crippen LogP contribution >= 0.6 is 0 Å². The summed E-state index contributed by atoms with van der Waals surface area (Å²) in [6.45, 7) is 0.883. The highest BCUT2D eigenvalue weighted by Gasteiger charge is 2.01. The van der Waals surface area contributed by atoms with E-state index in [2.05, 4.69) is 15.5 Å². The summed E-state index contributed by atoms with van der Waals surface area (Å²) in [6, 6.07) is 6.22. The monoisotopic (exact) mass is 233 g/mol. The van der Waals surface area contributed by atoms with Gasteiger partial charge in [0, 0.05) is 13.0 Å². The minimum absolute atomic E-state index is 0.233. The van der Waals surface area contributed by atoms with Crippen LogP contribution in [0.4, 0.5) is 4.39 Å². The van der Waals surface area contributed by atoms with Crippen molar-refractivity contribution in [2.45, 2.75) is 25.7 Å². The number of nitrogens with zero attached hydrogens (tertiary/aromatic N) is 2. The topological polar surface area (TPSA) is 36.8 Å². The van der Waals surface area contributed by atoms with Crippen LogP contribution in [-0.4, -0.2) is 18.6 Å². The third kappa shape index (κ3) is 3.98. The van der Waals surface area contributed by atoms with Gasteiger partial charge in [-0.05, 0) is 30.5 Å². The van der Waals surface area contributed by atoms with Gasteiger partial charge in [-0.3, -0.25) is 10.4 Å². The van der Waals surface area contributed by atoms with Crippen molar-refractivity contribution in [1.29, 1.82) is 0 Å². The number of nitrogens with one attached hydrogen (secondary N) is 1. The van der Waals surface area contributed by atoms with E-state index in [1.165, 1.54) is 18.6 Å². The number of aliphatic imine (C=N–C) groups is 1. The van der Waals surface area contributed by atoms with Crippen molar-refractivity contribution in [2.75, 3.05) is 6.54 Å². The second-order valence-electron chi connectivity index (χ2n) is 4.06. The van der Waals surface area contributed by atoms with E-state index < -0.39 is 0 Å². The summed E-state index contributed by atoms with van der Waals surface area (Å²) in [4.78, 5) is 4.40. The van der Waals surface area contributed by atoms with E-state index in [0.717, 1.165) is 37.2 Å². The number of benzene rings is 1. The SMILES string of the molecule is Fc1ccc(/C=N\NC2=NCCCCC2)cc1. The Morgan fingerprint density at radius 1 is 1.18 bits per heavy atom. The summed E-state index contributed by atoms with van der Waals surface area (Å²) in [5, 5.41) is 4.11. The Balaban J connectivity index is 1.88. The minimum atomic E-state index is -0.233. The third-order valence-electron chi connectivity index (χ3n) is 2.65. The molecule has 90 valence electrons. The lowest BCUT2D eigenvalue weighted by atomic mass is 10.2. The maximum absolute atomic E-state index is 12.7. The van der Waals surface area contributed by atoms with Crippen LogP contribution in [0.25, 0.3) is 0 Å². The Morgan fingerprint density at radius 3 is 2.82 bits per heavy atom. The number of rotatable bonds is 2. The van der Waals surface area contributed by atoms with Gasteiger partial charge in [-0.2, -0.15) is 5.10 Å². The predicted molar refractivity (Wildman–Crippen MR) is 67.9 cm³/mol. The summed E-state index contributed by atoms with van der Waals surface area (Å²) < 4.78 is 12.7. The Kier molecular flexibility index (Phi) is 4.24.